The quantitative estimate of drug-likeness (QED) is 0.840. The number of aromatic nitrogens is 3. The van der Waals surface area contributed by atoms with Crippen LogP contribution in [0.2, 0.25) is 0 Å². The van der Waals surface area contributed by atoms with E-state index in [9.17, 15) is 0 Å². The van der Waals surface area contributed by atoms with Crippen LogP contribution in [-0.4, -0.2) is 26.7 Å². The Balaban J connectivity index is 1.51. The van der Waals surface area contributed by atoms with Crippen molar-refractivity contribution in [2.24, 2.45) is 0 Å². The van der Waals surface area contributed by atoms with Gasteiger partial charge >= 0.3 is 0 Å². The summed E-state index contributed by atoms with van der Waals surface area (Å²) in [6, 6.07) is 2.16. The molecule has 0 N–H and O–H groups in total. The molecular weight excluding hydrogens is 244 g/mol. The predicted octanol–water partition coefficient (Wildman–Crippen LogP) is 2.27. The summed E-state index contributed by atoms with van der Waals surface area (Å²) < 4.78 is 10.5. The molecule has 19 heavy (non-hydrogen) atoms. The number of likely N-dealkylation sites (tertiary alicyclic amines) is 1. The highest BCUT2D eigenvalue weighted by Crippen LogP contribution is 2.40. The lowest BCUT2D eigenvalue weighted by atomic mass is 10.2. The Morgan fingerprint density at radius 3 is 3.00 bits per heavy atom. The van der Waals surface area contributed by atoms with Gasteiger partial charge in [-0.3, -0.25) is 4.90 Å². The van der Waals surface area contributed by atoms with Crippen LogP contribution < -0.4 is 0 Å². The zero-order valence-corrected chi connectivity index (χ0v) is 10.7. The third-order valence-electron chi connectivity index (χ3n) is 3.90. The molecule has 4 rings (SSSR count). The van der Waals surface area contributed by atoms with E-state index in [-0.39, 0.29) is 6.04 Å². The van der Waals surface area contributed by atoms with E-state index in [1.807, 2.05) is 6.07 Å². The van der Waals surface area contributed by atoms with E-state index in [2.05, 4.69) is 20.2 Å². The maximum absolute atomic E-state index is 5.36. The first-order chi connectivity index (χ1) is 9.40. The van der Waals surface area contributed by atoms with Crippen LogP contribution in [0.25, 0.3) is 0 Å². The monoisotopic (exact) mass is 260 g/mol. The first kappa shape index (κ1) is 11.2. The molecule has 6 nitrogen and oxygen atoms in total. The van der Waals surface area contributed by atoms with Gasteiger partial charge in [-0.2, -0.15) is 4.98 Å². The van der Waals surface area contributed by atoms with E-state index in [1.54, 1.807) is 6.20 Å². The molecule has 0 bridgehead atoms. The summed E-state index contributed by atoms with van der Waals surface area (Å²) in [5, 5.41) is 7.91. The standard InChI is InChI=1S/C13H16N4O2/c1-2-11(12-15-13(19-16-12)9-3-4-9)17(7-1)8-10-5-6-14-18-10/h5-6,9,11H,1-4,7-8H2. The van der Waals surface area contributed by atoms with Crippen molar-refractivity contribution in [1.29, 1.82) is 0 Å². The van der Waals surface area contributed by atoms with Gasteiger partial charge in [-0.25, -0.2) is 0 Å². The molecule has 0 amide bonds. The Morgan fingerprint density at radius 2 is 2.21 bits per heavy atom. The van der Waals surface area contributed by atoms with Crippen LogP contribution in [0.4, 0.5) is 0 Å². The van der Waals surface area contributed by atoms with Crippen molar-refractivity contribution in [2.45, 2.75) is 44.2 Å². The highest BCUT2D eigenvalue weighted by atomic mass is 16.5. The van der Waals surface area contributed by atoms with Crippen molar-refractivity contribution >= 4 is 0 Å². The van der Waals surface area contributed by atoms with Gasteiger partial charge in [0.1, 0.15) is 0 Å². The molecule has 3 heterocycles. The van der Waals surface area contributed by atoms with Gasteiger partial charge in [0.25, 0.3) is 0 Å². The fraction of sp³-hybridized carbons (Fsp3) is 0.615. The minimum atomic E-state index is 0.251. The van der Waals surface area contributed by atoms with E-state index < -0.39 is 0 Å². The van der Waals surface area contributed by atoms with Crippen LogP contribution in [0.15, 0.2) is 21.3 Å². The molecule has 2 fully saturated rings. The third-order valence-corrected chi connectivity index (χ3v) is 3.90. The Kier molecular flexibility index (Phi) is 2.61. The van der Waals surface area contributed by atoms with Gasteiger partial charge in [-0.1, -0.05) is 10.3 Å². The minimum Gasteiger partial charge on any atom is -0.360 e. The molecule has 2 aromatic heterocycles. The van der Waals surface area contributed by atoms with E-state index in [0.717, 1.165) is 43.4 Å². The summed E-state index contributed by atoms with van der Waals surface area (Å²) in [5.74, 6) is 3.06. The Labute approximate surface area is 110 Å². The number of rotatable bonds is 4. The second-order valence-corrected chi connectivity index (χ2v) is 5.37. The van der Waals surface area contributed by atoms with Crippen molar-refractivity contribution < 1.29 is 9.05 Å². The molecule has 1 saturated heterocycles. The molecule has 1 aliphatic heterocycles. The highest BCUT2D eigenvalue weighted by molar-refractivity contribution is 5.06. The molecule has 1 saturated carbocycles. The average Bonchev–Trinajstić information content (AvgIpc) is 2.89. The summed E-state index contributed by atoms with van der Waals surface area (Å²) in [6.45, 7) is 1.80. The van der Waals surface area contributed by atoms with Gasteiger partial charge < -0.3 is 9.05 Å². The molecule has 1 atom stereocenters. The zero-order chi connectivity index (χ0) is 12.7. The number of hydrogen-bond acceptors (Lipinski definition) is 6. The summed E-state index contributed by atoms with van der Waals surface area (Å²) in [6.07, 6.45) is 6.30. The van der Waals surface area contributed by atoms with E-state index in [1.165, 1.54) is 12.8 Å². The summed E-state index contributed by atoms with van der Waals surface area (Å²) >= 11 is 0. The number of nitrogens with zero attached hydrogens (tertiary/aromatic N) is 4. The molecule has 0 radical (unpaired) electrons. The van der Waals surface area contributed by atoms with Crippen LogP contribution in [0.3, 0.4) is 0 Å². The molecule has 2 aliphatic rings. The summed E-state index contributed by atoms with van der Waals surface area (Å²) in [7, 11) is 0. The Hall–Kier alpha value is -1.69. The van der Waals surface area contributed by atoms with Crippen molar-refractivity contribution in [2.75, 3.05) is 6.54 Å². The lowest BCUT2D eigenvalue weighted by Crippen LogP contribution is -2.23. The summed E-state index contributed by atoms with van der Waals surface area (Å²) in [4.78, 5) is 6.90. The highest BCUT2D eigenvalue weighted by Gasteiger charge is 2.34. The van der Waals surface area contributed by atoms with Crippen LogP contribution in [0.5, 0.6) is 0 Å². The SMILES string of the molecule is c1cc(CN2CCCC2c2noc(C3CC3)n2)on1. The minimum absolute atomic E-state index is 0.251. The molecule has 1 unspecified atom stereocenters. The zero-order valence-electron chi connectivity index (χ0n) is 10.7. The van der Waals surface area contributed by atoms with Crippen molar-refractivity contribution in [1.82, 2.24) is 20.2 Å². The molecular formula is C13H16N4O2. The molecule has 0 spiro atoms. The molecule has 6 heteroatoms. The maximum atomic E-state index is 5.36. The van der Waals surface area contributed by atoms with Crippen LogP contribution >= 0.6 is 0 Å². The van der Waals surface area contributed by atoms with Gasteiger partial charge in [0, 0.05) is 12.0 Å². The third kappa shape index (κ3) is 2.16. The first-order valence-electron chi connectivity index (χ1n) is 6.87. The van der Waals surface area contributed by atoms with Gasteiger partial charge in [0.15, 0.2) is 11.6 Å². The van der Waals surface area contributed by atoms with Crippen LogP contribution in [0, 0.1) is 0 Å². The fourth-order valence-electron chi connectivity index (χ4n) is 2.71. The lowest BCUT2D eigenvalue weighted by Gasteiger charge is -2.19. The lowest BCUT2D eigenvalue weighted by molar-refractivity contribution is 0.207. The Bertz CT molecular complexity index is 547. The van der Waals surface area contributed by atoms with Crippen molar-refractivity contribution in [3.8, 4) is 0 Å². The average molecular weight is 260 g/mol. The molecule has 1 aliphatic carbocycles. The van der Waals surface area contributed by atoms with Gasteiger partial charge in [-0.15, -0.1) is 0 Å². The second kappa shape index (κ2) is 4.45. The van der Waals surface area contributed by atoms with Crippen molar-refractivity contribution in [3.05, 3.63) is 29.7 Å². The normalized spacial score (nSPS) is 24.1. The maximum Gasteiger partial charge on any atom is 0.229 e. The van der Waals surface area contributed by atoms with Crippen molar-refractivity contribution in [3.63, 3.8) is 0 Å². The van der Waals surface area contributed by atoms with Gasteiger partial charge in [0.05, 0.1) is 18.8 Å². The topological polar surface area (TPSA) is 68.2 Å². The molecule has 100 valence electrons. The predicted molar refractivity (Wildman–Crippen MR) is 65.2 cm³/mol. The van der Waals surface area contributed by atoms with Gasteiger partial charge in [0.2, 0.25) is 5.89 Å². The first-order valence-corrected chi connectivity index (χ1v) is 6.87. The largest absolute Gasteiger partial charge is 0.360 e. The van der Waals surface area contributed by atoms with Crippen LogP contribution in [0.1, 0.15) is 55.1 Å². The van der Waals surface area contributed by atoms with E-state index in [0.29, 0.717) is 5.92 Å². The van der Waals surface area contributed by atoms with Crippen LogP contribution in [-0.2, 0) is 6.54 Å². The smallest absolute Gasteiger partial charge is 0.229 e. The summed E-state index contributed by atoms with van der Waals surface area (Å²) in [5.41, 5.74) is 0. The van der Waals surface area contributed by atoms with E-state index >= 15 is 0 Å². The fourth-order valence-corrected chi connectivity index (χ4v) is 2.71. The van der Waals surface area contributed by atoms with Gasteiger partial charge in [-0.05, 0) is 32.2 Å². The van der Waals surface area contributed by atoms with E-state index in [4.69, 9.17) is 9.05 Å². The Morgan fingerprint density at radius 1 is 1.26 bits per heavy atom. The number of hydrogen-bond donors (Lipinski definition) is 0. The molecule has 0 aromatic carbocycles. The second-order valence-electron chi connectivity index (χ2n) is 5.37. The molecule has 2 aromatic rings.